The normalized spacial score (nSPS) is 15.4. The monoisotopic (exact) mass is 519 g/mol. The maximum Gasteiger partial charge on any atom is 0.573 e. The van der Waals surface area contributed by atoms with Crippen LogP contribution in [0.4, 0.5) is 23.8 Å². The minimum absolute atomic E-state index is 0.0362. The highest BCUT2D eigenvalue weighted by atomic mass is 19.4. The van der Waals surface area contributed by atoms with Gasteiger partial charge in [-0.15, -0.1) is 18.3 Å². The van der Waals surface area contributed by atoms with E-state index in [0.717, 1.165) is 13.0 Å². The standard InChI is InChI=1S/C25H28F3N5O4/c1-16-22(33(19-6-4-3-5-7-19)32-23(16)36-20-10-11-29-14-20)31-24(34)30-13-18-12-17(15-35-2)8-9-21(18)37-25(26,27)28/h3-9,12,20,29H,10-11,13-15H2,1-2H3,(H2,30,31,34). The van der Waals surface area contributed by atoms with Crippen LogP contribution in [0.5, 0.6) is 11.6 Å². The highest BCUT2D eigenvalue weighted by Crippen LogP contribution is 2.30. The van der Waals surface area contributed by atoms with Gasteiger partial charge in [0.15, 0.2) is 0 Å². The van der Waals surface area contributed by atoms with Gasteiger partial charge in [-0.1, -0.05) is 24.3 Å². The van der Waals surface area contributed by atoms with Crippen molar-refractivity contribution < 1.29 is 32.2 Å². The number of aromatic nitrogens is 2. The summed E-state index contributed by atoms with van der Waals surface area (Å²) in [7, 11) is 1.48. The summed E-state index contributed by atoms with van der Waals surface area (Å²) in [6.45, 7) is 3.31. The van der Waals surface area contributed by atoms with Gasteiger partial charge in [0.25, 0.3) is 0 Å². The Morgan fingerprint density at radius 3 is 2.68 bits per heavy atom. The molecule has 198 valence electrons. The molecule has 0 radical (unpaired) electrons. The van der Waals surface area contributed by atoms with Crippen LogP contribution in [0.15, 0.2) is 48.5 Å². The third kappa shape index (κ3) is 6.92. The number of halogens is 3. The summed E-state index contributed by atoms with van der Waals surface area (Å²) in [5.74, 6) is 0.365. The molecule has 2 amide bonds. The van der Waals surface area contributed by atoms with E-state index in [1.807, 2.05) is 30.3 Å². The van der Waals surface area contributed by atoms with Gasteiger partial charge in [0.1, 0.15) is 17.7 Å². The fourth-order valence-corrected chi connectivity index (χ4v) is 3.96. The minimum Gasteiger partial charge on any atom is -0.472 e. The number of nitrogens with one attached hydrogen (secondary N) is 3. The zero-order valence-corrected chi connectivity index (χ0v) is 20.4. The number of methoxy groups -OCH3 is 1. The van der Waals surface area contributed by atoms with Crippen molar-refractivity contribution in [2.24, 2.45) is 0 Å². The van der Waals surface area contributed by atoms with Crippen molar-refractivity contribution in [1.29, 1.82) is 0 Å². The summed E-state index contributed by atoms with van der Waals surface area (Å²) < 4.78 is 55.5. The van der Waals surface area contributed by atoms with Gasteiger partial charge in [-0.2, -0.15) is 0 Å². The summed E-state index contributed by atoms with van der Waals surface area (Å²) in [6.07, 6.45) is -4.07. The molecule has 1 aliphatic rings. The third-order valence-corrected chi connectivity index (χ3v) is 5.71. The van der Waals surface area contributed by atoms with E-state index in [-0.39, 0.29) is 24.8 Å². The second kappa shape index (κ2) is 11.5. The van der Waals surface area contributed by atoms with Gasteiger partial charge in [0, 0.05) is 25.8 Å². The number of carbonyl (C=O) groups excluding carboxylic acids is 1. The number of ether oxygens (including phenoxy) is 3. The molecule has 4 rings (SSSR count). The van der Waals surface area contributed by atoms with Crippen molar-refractivity contribution >= 4 is 11.8 Å². The van der Waals surface area contributed by atoms with Crippen molar-refractivity contribution in [3.8, 4) is 17.3 Å². The zero-order valence-electron chi connectivity index (χ0n) is 20.4. The van der Waals surface area contributed by atoms with Crippen LogP contribution in [0.1, 0.15) is 23.1 Å². The van der Waals surface area contributed by atoms with Crippen molar-refractivity contribution in [3.63, 3.8) is 0 Å². The molecule has 2 heterocycles. The van der Waals surface area contributed by atoms with Crippen LogP contribution in [-0.4, -0.2) is 48.5 Å². The number of hydrogen-bond acceptors (Lipinski definition) is 6. The lowest BCUT2D eigenvalue weighted by atomic mass is 10.1. The van der Waals surface area contributed by atoms with E-state index >= 15 is 0 Å². The lowest BCUT2D eigenvalue weighted by Crippen LogP contribution is -2.30. The first-order valence-corrected chi connectivity index (χ1v) is 11.7. The maximum absolute atomic E-state index is 12.9. The van der Waals surface area contributed by atoms with Gasteiger partial charge >= 0.3 is 12.4 Å². The number of carbonyl (C=O) groups is 1. The molecule has 0 aliphatic carbocycles. The van der Waals surface area contributed by atoms with E-state index in [1.54, 1.807) is 11.6 Å². The molecule has 1 fully saturated rings. The first-order chi connectivity index (χ1) is 17.7. The Labute approximate surface area is 211 Å². The molecule has 0 saturated carbocycles. The van der Waals surface area contributed by atoms with E-state index in [2.05, 4.69) is 25.8 Å². The van der Waals surface area contributed by atoms with Crippen LogP contribution < -0.4 is 25.4 Å². The molecule has 0 spiro atoms. The number of alkyl halides is 3. The lowest BCUT2D eigenvalue weighted by molar-refractivity contribution is -0.274. The first-order valence-electron chi connectivity index (χ1n) is 11.7. The number of benzene rings is 2. The van der Waals surface area contributed by atoms with Gasteiger partial charge in [-0.25, -0.2) is 9.48 Å². The molecule has 1 aromatic heterocycles. The molecular weight excluding hydrogens is 491 g/mol. The van der Waals surface area contributed by atoms with Gasteiger partial charge in [0.2, 0.25) is 5.88 Å². The predicted molar refractivity (Wildman–Crippen MR) is 130 cm³/mol. The fourth-order valence-electron chi connectivity index (χ4n) is 3.96. The van der Waals surface area contributed by atoms with Crippen molar-refractivity contribution in [3.05, 3.63) is 65.2 Å². The fraction of sp³-hybridized carbons (Fsp3) is 0.360. The van der Waals surface area contributed by atoms with Gasteiger partial charge < -0.3 is 24.8 Å². The number of para-hydroxylation sites is 1. The lowest BCUT2D eigenvalue weighted by Gasteiger charge is -2.16. The Balaban J connectivity index is 1.53. The van der Waals surface area contributed by atoms with Crippen molar-refractivity contribution in [1.82, 2.24) is 20.4 Å². The van der Waals surface area contributed by atoms with Crippen LogP contribution in [0.2, 0.25) is 0 Å². The van der Waals surface area contributed by atoms with E-state index in [0.29, 0.717) is 35.1 Å². The minimum atomic E-state index is -4.87. The quantitative estimate of drug-likeness (QED) is 0.390. The topological polar surface area (TPSA) is 98.7 Å². The van der Waals surface area contributed by atoms with Crippen LogP contribution in [0.3, 0.4) is 0 Å². The van der Waals surface area contributed by atoms with Crippen LogP contribution >= 0.6 is 0 Å². The molecule has 9 nitrogen and oxygen atoms in total. The van der Waals surface area contributed by atoms with Crippen molar-refractivity contribution in [2.45, 2.75) is 39.0 Å². The SMILES string of the molecule is COCc1ccc(OC(F)(F)F)c(CNC(=O)Nc2c(C)c(OC3CCNC3)nn2-c2ccccc2)c1. The Morgan fingerprint density at radius 2 is 2.00 bits per heavy atom. The number of amides is 2. The van der Waals surface area contributed by atoms with Crippen LogP contribution in [0.25, 0.3) is 5.69 Å². The Morgan fingerprint density at radius 1 is 1.22 bits per heavy atom. The first kappa shape index (κ1) is 26.3. The number of rotatable bonds is 9. The molecule has 1 unspecified atom stereocenters. The van der Waals surface area contributed by atoms with E-state index in [9.17, 15) is 18.0 Å². The van der Waals surface area contributed by atoms with Gasteiger partial charge in [0.05, 0.1) is 17.9 Å². The van der Waals surface area contributed by atoms with E-state index in [4.69, 9.17) is 9.47 Å². The number of urea groups is 1. The summed E-state index contributed by atoms with van der Waals surface area (Å²) in [6, 6.07) is 12.7. The largest absolute Gasteiger partial charge is 0.573 e. The second-order valence-electron chi connectivity index (χ2n) is 8.49. The van der Waals surface area contributed by atoms with Gasteiger partial charge in [-0.3, -0.25) is 5.32 Å². The Kier molecular flexibility index (Phi) is 8.19. The van der Waals surface area contributed by atoms with Crippen molar-refractivity contribution in [2.75, 3.05) is 25.5 Å². The Hall–Kier alpha value is -3.77. The molecule has 37 heavy (non-hydrogen) atoms. The zero-order chi connectivity index (χ0) is 26.4. The highest BCUT2D eigenvalue weighted by molar-refractivity contribution is 5.89. The van der Waals surface area contributed by atoms with Crippen LogP contribution in [-0.2, 0) is 17.9 Å². The number of hydrogen-bond donors (Lipinski definition) is 3. The predicted octanol–water partition coefficient (Wildman–Crippen LogP) is 4.29. The highest BCUT2D eigenvalue weighted by Gasteiger charge is 2.32. The molecule has 1 atom stereocenters. The van der Waals surface area contributed by atoms with Gasteiger partial charge in [-0.05, 0) is 49.7 Å². The smallest absolute Gasteiger partial charge is 0.472 e. The molecule has 1 aliphatic heterocycles. The molecular formula is C25H28F3N5O4. The molecule has 12 heteroatoms. The average molecular weight is 520 g/mol. The summed E-state index contributed by atoms with van der Waals surface area (Å²) in [5.41, 5.74) is 2.10. The molecule has 1 saturated heterocycles. The molecule has 3 aromatic rings. The average Bonchev–Trinajstić information content (AvgIpc) is 3.48. The van der Waals surface area contributed by atoms with E-state index < -0.39 is 18.1 Å². The van der Waals surface area contributed by atoms with Crippen LogP contribution in [0, 0.1) is 6.92 Å². The summed E-state index contributed by atoms with van der Waals surface area (Å²) in [5, 5.41) is 13.2. The number of anilines is 1. The number of nitrogens with zero attached hydrogens (tertiary/aromatic N) is 2. The molecule has 2 aromatic carbocycles. The third-order valence-electron chi connectivity index (χ3n) is 5.71. The second-order valence-corrected chi connectivity index (χ2v) is 8.49. The summed E-state index contributed by atoms with van der Waals surface area (Å²) >= 11 is 0. The maximum atomic E-state index is 12.9. The Bertz CT molecular complexity index is 1210. The van der Waals surface area contributed by atoms with E-state index in [1.165, 1.54) is 25.3 Å². The molecule has 0 bridgehead atoms. The summed E-state index contributed by atoms with van der Waals surface area (Å²) in [4.78, 5) is 12.9. The molecule has 3 N–H and O–H groups in total.